The number of imide groups is 1. The van der Waals surface area contributed by atoms with Crippen LogP contribution in [0.25, 0.3) is 0 Å². The molecule has 0 radical (unpaired) electrons. The zero-order chi connectivity index (χ0) is 16.7. The highest BCUT2D eigenvalue weighted by Gasteiger charge is 2.40. The van der Waals surface area contributed by atoms with E-state index in [0.717, 1.165) is 17.7 Å². The quantitative estimate of drug-likeness (QED) is 0.800. The van der Waals surface area contributed by atoms with Gasteiger partial charge in [0.2, 0.25) is 5.91 Å². The fourth-order valence-electron chi connectivity index (χ4n) is 3.01. The molecule has 1 aromatic heterocycles. The van der Waals surface area contributed by atoms with Crippen LogP contribution in [0, 0.1) is 12.8 Å². The standard InChI is InChI=1S/C16H25N3O3/c1-10-9-17-18(6)13(10)12-7-8-19(14(20)11(12)2)15(21)22-16(3,4)5/h9,11-12H,7-8H2,1-6H3/t11-,12+/m1/s1. The second kappa shape index (κ2) is 5.74. The number of ether oxygens (including phenoxy) is 1. The molecule has 1 aliphatic rings. The van der Waals surface area contributed by atoms with Crippen molar-refractivity contribution >= 4 is 12.0 Å². The number of aryl methyl sites for hydroxylation is 2. The number of rotatable bonds is 1. The van der Waals surface area contributed by atoms with Gasteiger partial charge >= 0.3 is 6.09 Å². The third-order valence-corrected chi connectivity index (χ3v) is 4.07. The average Bonchev–Trinajstić information content (AvgIpc) is 2.71. The Kier molecular flexibility index (Phi) is 4.31. The predicted octanol–water partition coefficient (Wildman–Crippen LogP) is 2.62. The first kappa shape index (κ1) is 16.5. The molecule has 0 spiro atoms. The highest BCUT2D eigenvalue weighted by molar-refractivity contribution is 5.94. The van der Waals surface area contributed by atoms with Gasteiger partial charge in [-0.3, -0.25) is 9.48 Å². The Morgan fingerprint density at radius 2 is 2.05 bits per heavy atom. The van der Waals surface area contributed by atoms with Crippen molar-refractivity contribution in [3.8, 4) is 0 Å². The third kappa shape index (κ3) is 3.15. The molecule has 22 heavy (non-hydrogen) atoms. The van der Waals surface area contributed by atoms with Crippen molar-refractivity contribution in [1.82, 2.24) is 14.7 Å². The third-order valence-electron chi connectivity index (χ3n) is 4.07. The number of amides is 2. The summed E-state index contributed by atoms with van der Waals surface area (Å²) in [5.41, 5.74) is 1.55. The van der Waals surface area contributed by atoms with Crippen molar-refractivity contribution in [3.63, 3.8) is 0 Å². The highest BCUT2D eigenvalue weighted by atomic mass is 16.6. The Morgan fingerprint density at radius 3 is 2.55 bits per heavy atom. The van der Waals surface area contributed by atoms with Gasteiger partial charge in [-0.1, -0.05) is 6.92 Å². The van der Waals surface area contributed by atoms with Crippen molar-refractivity contribution in [2.45, 2.75) is 52.6 Å². The summed E-state index contributed by atoms with van der Waals surface area (Å²) in [6.45, 7) is 9.64. The smallest absolute Gasteiger partial charge is 0.417 e. The van der Waals surface area contributed by atoms with Crippen LogP contribution in [0.2, 0.25) is 0 Å². The fourth-order valence-corrected chi connectivity index (χ4v) is 3.01. The van der Waals surface area contributed by atoms with Crippen LogP contribution in [-0.4, -0.2) is 38.8 Å². The van der Waals surface area contributed by atoms with Crippen molar-refractivity contribution in [3.05, 3.63) is 17.5 Å². The van der Waals surface area contributed by atoms with Crippen molar-refractivity contribution < 1.29 is 14.3 Å². The molecule has 1 aromatic rings. The maximum atomic E-state index is 12.6. The summed E-state index contributed by atoms with van der Waals surface area (Å²) in [4.78, 5) is 26.0. The molecule has 0 aromatic carbocycles. The minimum absolute atomic E-state index is 0.0821. The monoisotopic (exact) mass is 307 g/mol. The van der Waals surface area contributed by atoms with Gasteiger partial charge in [-0.15, -0.1) is 0 Å². The minimum atomic E-state index is -0.601. The number of nitrogens with zero attached hydrogens (tertiary/aromatic N) is 3. The number of carbonyl (C=O) groups is 2. The molecule has 2 amide bonds. The Morgan fingerprint density at radius 1 is 1.41 bits per heavy atom. The van der Waals surface area contributed by atoms with Gasteiger partial charge in [0, 0.05) is 31.1 Å². The first-order valence-corrected chi connectivity index (χ1v) is 7.64. The molecule has 0 N–H and O–H groups in total. The zero-order valence-electron chi connectivity index (χ0n) is 14.2. The van der Waals surface area contributed by atoms with Crippen LogP contribution >= 0.6 is 0 Å². The molecular weight excluding hydrogens is 282 g/mol. The van der Waals surface area contributed by atoms with E-state index < -0.39 is 11.7 Å². The Labute approximate surface area is 131 Å². The van der Waals surface area contributed by atoms with Gasteiger partial charge < -0.3 is 4.74 Å². The lowest BCUT2D eigenvalue weighted by molar-refractivity contribution is -0.137. The molecule has 6 heteroatoms. The van der Waals surface area contributed by atoms with E-state index in [-0.39, 0.29) is 17.7 Å². The summed E-state index contributed by atoms with van der Waals surface area (Å²) in [5.74, 6) is -0.361. The first-order valence-electron chi connectivity index (χ1n) is 7.64. The number of aromatic nitrogens is 2. The summed E-state index contributed by atoms with van der Waals surface area (Å²) in [5, 5.41) is 4.25. The molecule has 2 atom stereocenters. The van der Waals surface area contributed by atoms with Gasteiger partial charge in [-0.2, -0.15) is 5.10 Å². The summed E-state index contributed by atoms with van der Waals surface area (Å²) in [7, 11) is 1.89. The summed E-state index contributed by atoms with van der Waals surface area (Å²) in [6.07, 6.45) is 1.99. The van der Waals surface area contributed by atoms with Gasteiger partial charge in [0.05, 0.1) is 6.20 Å². The Balaban J connectivity index is 2.16. The number of likely N-dealkylation sites (tertiary alicyclic amines) is 1. The second-order valence-corrected chi connectivity index (χ2v) is 6.99. The topological polar surface area (TPSA) is 64.4 Å². The highest BCUT2D eigenvalue weighted by Crippen LogP contribution is 2.35. The molecule has 1 aliphatic heterocycles. The van der Waals surface area contributed by atoms with Crippen LogP contribution in [-0.2, 0) is 16.6 Å². The number of hydrogen-bond donors (Lipinski definition) is 0. The van der Waals surface area contributed by atoms with E-state index in [0.29, 0.717) is 6.54 Å². The van der Waals surface area contributed by atoms with E-state index in [9.17, 15) is 9.59 Å². The lowest BCUT2D eigenvalue weighted by Crippen LogP contribution is -2.49. The van der Waals surface area contributed by atoms with Crippen LogP contribution in [0.3, 0.4) is 0 Å². The SMILES string of the molecule is Cc1cnn(C)c1[C@H]1CCN(C(=O)OC(C)(C)C)C(=O)[C@@H]1C. The molecule has 1 saturated heterocycles. The molecule has 2 rings (SSSR count). The molecule has 2 heterocycles. The predicted molar refractivity (Wildman–Crippen MR) is 82.4 cm³/mol. The van der Waals surface area contributed by atoms with Crippen molar-refractivity contribution in [2.24, 2.45) is 13.0 Å². The van der Waals surface area contributed by atoms with E-state index in [1.54, 1.807) is 20.8 Å². The second-order valence-electron chi connectivity index (χ2n) is 6.99. The van der Waals surface area contributed by atoms with Crippen molar-refractivity contribution in [2.75, 3.05) is 6.54 Å². The molecule has 0 aliphatic carbocycles. The normalized spacial score (nSPS) is 22.8. The van der Waals surface area contributed by atoms with Crippen LogP contribution in [0.4, 0.5) is 4.79 Å². The van der Waals surface area contributed by atoms with Crippen LogP contribution in [0.5, 0.6) is 0 Å². The molecule has 0 bridgehead atoms. The summed E-state index contributed by atoms with van der Waals surface area (Å²) < 4.78 is 7.14. The van der Waals surface area contributed by atoms with Crippen LogP contribution in [0.1, 0.15) is 51.3 Å². The Hall–Kier alpha value is -1.85. The lowest BCUT2D eigenvalue weighted by Gasteiger charge is -2.36. The number of carbonyl (C=O) groups excluding carboxylic acids is 2. The fraction of sp³-hybridized carbons (Fsp3) is 0.688. The number of piperidine rings is 1. The van der Waals surface area contributed by atoms with Crippen LogP contribution in [0.15, 0.2) is 6.20 Å². The molecule has 0 unspecified atom stereocenters. The van der Waals surface area contributed by atoms with E-state index in [2.05, 4.69) is 5.10 Å². The van der Waals surface area contributed by atoms with Gasteiger partial charge in [-0.05, 0) is 39.7 Å². The van der Waals surface area contributed by atoms with Gasteiger partial charge in [0.15, 0.2) is 0 Å². The number of hydrogen-bond acceptors (Lipinski definition) is 4. The van der Waals surface area contributed by atoms with Crippen molar-refractivity contribution in [1.29, 1.82) is 0 Å². The minimum Gasteiger partial charge on any atom is -0.443 e. The van der Waals surface area contributed by atoms with Crippen LogP contribution < -0.4 is 0 Å². The molecule has 0 saturated carbocycles. The Bertz CT molecular complexity index is 566. The van der Waals surface area contributed by atoms with E-state index >= 15 is 0 Å². The molecule has 6 nitrogen and oxygen atoms in total. The van der Waals surface area contributed by atoms with Gasteiger partial charge in [-0.25, -0.2) is 9.69 Å². The summed E-state index contributed by atoms with van der Waals surface area (Å²) in [6, 6.07) is 0. The maximum Gasteiger partial charge on any atom is 0.417 e. The zero-order valence-corrected chi connectivity index (χ0v) is 14.2. The molecule has 122 valence electrons. The van der Waals surface area contributed by atoms with Gasteiger partial charge in [0.25, 0.3) is 0 Å². The maximum absolute atomic E-state index is 12.6. The van der Waals surface area contributed by atoms with Gasteiger partial charge in [0.1, 0.15) is 5.60 Å². The van der Waals surface area contributed by atoms with E-state index in [1.807, 2.05) is 31.8 Å². The largest absolute Gasteiger partial charge is 0.443 e. The van der Waals surface area contributed by atoms with E-state index in [4.69, 9.17) is 4.74 Å². The molecular formula is C16H25N3O3. The first-order chi connectivity index (χ1) is 10.1. The lowest BCUT2D eigenvalue weighted by atomic mass is 9.82. The van der Waals surface area contributed by atoms with E-state index in [1.165, 1.54) is 4.90 Å². The average molecular weight is 307 g/mol. The summed E-state index contributed by atoms with van der Waals surface area (Å²) >= 11 is 0. The molecule has 1 fully saturated rings.